The predicted molar refractivity (Wildman–Crippen MR) is 71.6 cm³/mol. The van der Waals surface area contributed by atoms with E-state index in [-0.39, 0.29) is 0 Å². The van der Waals surface area contributed by atoms with E-state index in [0.29, 0.717) is 5.41 Å². The van der Waals surface area contributed by atoms with Crippen LogP contribution in [0.1, 0.15) is 43.4 Å². The topological polar surface area (TPSA) is 0 Å². The second-order valence-electron chi connectivity index (χ2n) is 5.34. The predicted octanol–water partition coefficient (Wildman–Crippen LogP) is 4.50. The third kappa shape index (κ3) is 1.84. The first-order valence-electron chi connectivity index (χ1n) is 6.00. The Balaban J connectivity index is 2.47. The number of rotatable bonds is 2. The van der Waals surface area contributed by atoms with E-state index in [1.165, 1.54) is 36.0 Å². The fourth-order valence-electron chi connectivity index (χ4n) is 2.63. The van der Waals surface area contributed by atoms with Crippen LogP contribution in [-0.2, 0) is 11.8 Å². The van der Waals surface area contributed by atoms with Crippen molar-refractivity contribution in [1.29, 1.82) is 0 Å². The molecule has 0 saturated carbocycles. The summed E-state index contributed by atoms with van der Waals surface area (Å²) < 4.78 is 0. The lowest BCUT2D eigenvalue weighted by Crippen LogP contribution is -2.23. The fourth-order valence-corrected chi connectivity index (χ4v) is 2.63. The first kappa shape index (κ1) is 11.2. The second kappa shape index (κ2) is 3.93. The largest absolute Gasteiger partial charge is 0.0985 e. The quantitative estimate of drug-likeness (QED) is 0.633. The minimum Gasteiger partial charge on any atom is -0.0985 e. The third-order valence-electron chi connectivity index (χ3n) is 3.70. The first-order chi connectivity index (χ1) is 7.54. The van der Waals surface area contributed by atoms with Crippen LogP contribution in [0.3, 0.4) is 0 Å². The van der Waals surface area contributed by atoms with Gasteiger partial charge in [-0.1, -0.05) is 51.3 Å². The molecule has 0 atom stereocenters. The van der Waals surface area contributed by atoms with Gasteiger partial charge in [0.25, 0.3) is 0 Å². The molecule has 0 radical (unpaired) electrons. The average molecular weight is 212 g/mol. The Labute approximate surface area is 98.7 Å². The lowest BCUT2D eigenvalue weighted by Gasteiger charge is -2.32. The summed E-state index contributed by atoms with van der Waals surface area (Å²) in [6, 6.07) is 6.74. The number of benzene rings is 1. The molecule has 0 N–H and O–H groups in total. The van der Waals surface area contributed by atoms with Crippen molar-refractivity contribution in [3.63, 3.8) is 0 Å². The molecule has 0 nitrogen and oxygen atoms in total. The van der Waals surface area contributed by atoms with Gasteiger partial charge in [0.1, 0.15) is 0 Å². The molecule has 0 spiro atoms. The summed E-state index contributed by atoms with van der Waals surface area (Å²) in [6.07, 6.45) is 5.62. The summed E-state index contributed by atoms with van der Waals surface area (Å²) in [5.41, 5.74) is 5.58. The van der Waals surface area contributed by atoms with Gasteiger partial charge < -0.3 is 0 Å². The SMILES string of the molecule is C=CC(=C)c1ccc2c(c1)CCCC2(C)C. The highest BCUT2D eigenvalue weighted by molar-refractivity contribution is 5.72. The molecule has 2 rings (SSSR count). The maximum Gasteiger partial charge on any atom is -0.0101 e. The minimum atomic E-state index is 0.335. The zero-order chi connectivity index (χ0) is 11.8. The Kier molecular flexibility index (Phi) is 2.75. The van der Waals surface area contributed by atoms with Gasteiger partial charge in [-0.05, 0) is 46.9 Å². The lowest BCUT2D eigenvalue weighted by molar-refractivity contribution is 0.432. The molecular formula is C16H20. The van der Waals surface area contributed by atoms with Gasteiger partial charge in [0.2, 0.25) is 0 Å². The number of hydrogen-bond acceptors (Lipinski definition) is 0. The Morgan fingerprint density at radius 1 is 1.38 bits per heavy atom. The van der Waals surface area contributed by atoms with Gasteiger partial charge in [-0.3, -0.25) is 0 Å². The zero-order valence-corrected chi connectivity index (χ0v) is 10.3. The summed E-state index contributed by atoms with van der Waals surface area (Å²) in [5.74, 6) is 0. The van der Waals surface area contributed by atoms with Crippen molar-refractivity contribution in [2.75, 3.05) is 0 Å². The highest BCUT2D eigenvalue weighted by Gasteiger charge is 2.26. The van der Waals surface area contributed by atoms with Crippen LogP contribution in [0, 0.1) is 0 Å². The van der Waals surface area contributed by atoms with Gasteiger partial charge in [-0.2, -0.15) is 0 Å². The van der Waals surface area contributed by atoms with Crippen molar-refractivity contribution in [3.8, 4) is 0 Å². The van der Waals surface area contributed by atoms with Crippen LogP contribution < -0.4 is 0 Å². The fraction of sp³-hybridized carbons (Fsp3) is 0.375. The van der Waals surface area contributed by atoms with Crippen LogP contribution in [0.4, 0.5) is 0 Å². The van der Waals surface area contributed by atoms with Crippen molar-refractivity contribution in [3.05, 3.63) is 54.1 Å². The van der Waals surface area contributed by atoms with Crippen LogP contribution in [0.2, 0.25) is 0 Å². The van der Waals surface area contributed by atoms with E-state index in [4.69, 9.17) is 0 Å². The smallest absolute Gasteiger partial charge is 0.0101 e. The number of aryl methyl sites for hydroxylation is 1. The molecule has 1 aromatic rings. The van der Waals surface area contributed by atoms with E-state index in [1.807, 2.05) is 6.08 Å². The van der Waals surface area contributed by atoms with Crippen LogP contribution in [0.25, 0.3) is 5.57 Å². The number of fused-ring (bicyclic) bond motifs is 1. The monoisotopic (exact) mass is 212 g/mol. The first-order valence-corrected chi connectivity index (χ1v) is 6.00. The summed E-state index contributed by atoms with van der Waals surface area (Å²) in [6.45, 7) is 12.5. The molecule has 0 amide bonds. The van der Waals surface area contributed by atoms with Crippen LogP contribution in [0.15, 0.2) is 37.4 Å². The van der Waals surface area contributed by atoms with Crippen molar-refractivity contribution in [1.82, 2.24) is 0 Å². The summed E-state index contributed by atoms with van der Waals surface area (Å²) in [7, 11) is 0. The molecular weight excluding hydrogens is 192 g/mol. The molecule has 84 valence electrons. The van der Waals surface area contributed by atoms with Crippen molar-refractivity contribution in [2.24, 2.45) is 0 Å². The average Bonchev–Trinajstić information content (AvgIpc) is 2.27. The highest BCUT2D eigenvalue weighted by atomic mass is 14.3. The maximum absolute atomic E-state index is 4.01. The molecule has 0 fully saturated rings. The van der Waals surface area contributed by atoms with E-state index in [0.717, 1.165) is 5.57 Å². The standard InChI is InChI=1S/C16H20/c1-5-12(2)13-8-9-15-14(11-13)7-6-10-16(15,3)4/h5,8-9,11H,1-2,6-7,10H2,3-4H3. The van der Waals surface area contributed by atoms with Gasteiger partial charge >= 0.3 is 0 Å². The molecule has 0 unspecified atom stereocenters. The Bertz CT molecular complexity index is 435. The van der Waals surface area contributed by atoms with Gasteiger partial charge in [-0.25, -0.2) is 0 Å². The van der Waals surface area contributed by atoms with Crippen molar-refractivity contribution >= 4 is 5.57 Å². The van der Waals surface area contributed by atoms with E-state index < -0.39 is 0 Å². The third-order valence-corrected chi connectivity index (χ3v) is 3.70. The van der Waals surface area contributed by atoms with E-state index >= 15 is 0 Å². The molecule has 16 heavy (non-hydrogen) atoms. The van der Waals surface area contributed by atoms with Gasteiger partial charge in [0, 0.05) is 0 Å². The zero-order valence-electron chi connectivity index (χ0n) is 10.3. The molecule has 0 saturated heterocycles. The van der Waals surface area contributed by atoms with Gasteiger partial charge in [-0.15, -0.1) is 0 Å². The molecule has 0 heteroatoms. The Morgan fingerprint density at radius 2 is 2.12 bits per heavy atom. The Morgan fingerprint density at radius 3 is 2.81 bits per heavy atom. The molecule has 1 aliphatic carbocycles. The molecule has 1 aromatic carbocycles. The van der Waals surface area contributed by atoms with E-state index in [9.17, 15) is 0 Å². The van der Waals surface area contributed by atoms with Crippen LogP contribution in [-0.4, -0.2) is 0 Å². The molecule has 0 aliphatic heterocycles. The minimum absolute atomic E-state index is 0.335. The van der Waals surface area contributed by atoms with Crippen LogP contribution >= 0.6 is 0 Å². The normalized spacial score (nSPS) is 17.6. The van der Waals surface area contributed by atoms with Crippen molar-refractivity contribution in [2.45, 2.75) is 38.5 Å². The summed E-state index contributed by atoms with van der Waals surface area (Å²) >= 11 is 0. The molecule has 1 aliphatic rings. The second-order valence-corrected chi connectivity index (χ2v) is 5.34. The number of allylic oxidation sites excluding steroid dienone is 2. The highest BCUT2D eigenvalue weighted by Crippen LogP contribution is 2.37. The van der Waals surface area contributed by atoms with Crippen LogP contribution in [0.5, 0.6) is 0 Å². The Hall–Kier alpha value is -1.30. The van der Waals surface area contributed by atoms with Crippen molar-refractivity contribution < 1.29 is 0 Å². The summed E-state index contributed by atoms with van der Waals surface area (Å²) in [5, 5.41) is 0. The lowest BCUT2D eigenvalue weighted by atomic mass is 9.72. The van der Waals surface area contributed by atoms with Gasteiger partial charge in [0.05, 0.1) is 0 Å². The summed E-state index contributed by atoms with van der Waals surface area (Å²) in [4.78, 5) is 0. The molecule has 0 bridgehead atoms. The van der Waals surface area contributed by atoms with Gasteiger partial charge in [0.15, 0.2) is 0 Å². The van der Waals surface area contributed by atoms with E-state index in [1.54, 1.807) is 0 Å². The maximum atomic E-state index is 4.01. The molecule has 0 aromatic heterocycles. The van der Waals surface area contributed by atoms with E-state index in [2.05, 4.69) is 45.2 Å². The number of hydrogen-bond donors (Lipinski definition) is 0. The molecule has 0 heterocycles.